The third-order valence-corrected chi connectivity index (χ3v) is 5.68. The summed E-state index contributed by atoms with van der Waals surface area (Å²) in [7, 11) is 1.72. The van der Waals surface area contributed by atoms with Gasteiger partial charge in [-0.2, -0.15) is 0 Å². The molecule has 0 heterocycles. The molecular weight excluding hydrogens is 452 g/mol. The van der Waals surface area contributed by atoms with E-state index in [1.54, 1.807) is 48.3 Å². The van der Waals surface area contributed by atoms with Crippen LogP contribution < -0.4 is 15.5 Å². The highest BCUT2D eigenvalue weighted by Gasteiger charge is 2.16. The molecule has 0 radical (unpaired) electrons. The number of hydrogen-bond donors (Lipinski definition) is 2. The zero-order valence-electron chi connectivity index (χ0n) is 21.2. The standard InChI is InChI=1S/C29H34N4O3/c1-4-17-33(18-5-2)29(36)23-12-9-13-24(19-23)30-21-27(34)31-25-14-10-11-22(20-25)28(35)32(3)26-15-7-6-8-16-26/h6-16,19-20,30H,4-5,17-18,21H2,1-3H3,(H,31,34). The summed E-state index contributed by atoms with van der Waals surface area (Å²) in [6.45, 7) is 5.57. The van der Waals surface area contributed by atoms with Crippen LogP contribution in [0.15, 0.2) is 78.9 Å². The van der Waals surface area contributed by atoms with Crippen molar-refractivity contribution < 1.29 is 14.4 Å². The third-order valence-electron chi connectivity index (χ3n) is 5.68. The first-order chi connectivity index (χ1) is 17.4. The summed E-state index contributed by atoms with van der Waals surface area (Å²) in [5, 5.41) is 5.91. The van der Waals surface area contributed by atoms with Crippen molar-refractivity contribution in [3.63, 3.8) is 0 Å². The SMILES string of the molecule is CCCN(CCC)C(=O)c1cccc(NCC(=O)Nc2cccc(C(=O)N(C)c3ccccc3)c2)c1. The van der Waals surface area contributed by atoms with Crippen molar-refractivity contribution in [3.8, 4) is 0 Å². The Kier molecular flexibility index (Phi) is 9.63. The van der Waals surface area contributed by atoms with Gasteiger partial charge in [-0.05, 0) is 61.4 Å². The molecule has 0 atom stereocenters. The maximum absolute atomic E-state index is 12.9. The summed E-state index contributed by atoms with van der Waals surface area (Å²) in [6.07, 6.45) is 1.80. The zero-order valence-corrected chi connectivity index (χ0v) is 21.2. The number of anilines is 3. The highest BCUT2D eigenvalue weighted by molar-refractivity contribution is 6.06. The minimum absolute atomic E-state index is 0.00578. The van der Waals surface area contributed by atoms with Crippen molar-refractivity contribution in [2.75, 3.05) is 42.2 Å². The fraction of sp³-hybridized carbons (Fsp3) is 0.276. The second-order valence-electron chi connectivity index (χ2n) is 8.56. The Labute approximate surface area is 213 Å². The van der Waals surface area contributed by atoms with Crippen molar-refractivity contribution in [1.82, 2.24) is 4.90 Å². The van der Waals surface area contributed by atoms with Crippen molar-refractivity contribution in [3.05, 3.63) is 90.0 Å². The van der Waals surface area contributed by atoms with Gasteiger partial charge in [-0.25, -0.2) is 0 Å². The van der Waals surface area contributed by atoms with Crippen molar-refractivity contribution in [2.24, 2.45) is 0 Å². The lowest BCUT2D eigenvalue weighted by Gasteiger charge is -2.21. The molecule has 0 saturated heterocycles. The Bertz CT molecular complexity index is 1170. The number of benzene rings is 3. The fourth-order valence-corrected chi connectivity index (χ4v) is 3.88. The molecule has 0 aromatic heterocycles. The van der Waals surface area contributed by atoms with E-state index in [1.807, 2.05) is 47.4 Å². The molecule has 0 unspecified atom stereocenters. The molecule has 0 saturated carbocycles. The Hall–Kier alpha value is -4.13. The minimum Gasteiger partial charge on any atom is -0.376 e. The molecule has 0 aliphatic rings. The van der Waals surface area contributed by atoms with Crippen LogP contribution in [-0.4, -0.2) is 49.3 Å². The molecule has 7 heteroatoms. The summed E-state index contributed by atoms with van der Waals surface area (Å²) in [5.74, 6) is -0.433. The Morgan fingerprint density at radius 1 is 0.722 bits per heavy atom. The highest BCUT2D eigenvalue weighted by atomic mass is 16.2. The van der Waals surface area contributed by atoms with Crippen molar-refractivity contribution in [2.45, 2.75) is 26.7 Å². The molecular formula is C29H34N4O3. The lowest BCUT2D eigenvalue weighted by Crippen LogP contribution is -2.32. The summed E-state index contributed by atoms with van der Waals surface area (Å²) in [4.78, 5) is 41.8. The number of hydrogen-bond acceptors (Lipinski definition) is 4. The van der Waals surface area contributed by atoms with Crippen LogP contribution in [0.25, 0.3) is 0 Å². The van der Waals surface area contributed by atoms with Crippen LogP contribution in [0.4, 0.5) is 17.1 Å². The van der Waals surface area contributed by atoms with E-state index in [1.165, 1.54) is 0 Å². The van der Waals surface area contributed by atoms with Gasteiger partial charge in [-0.1, -0.05) is 44.2 Å². The van der Waals surface area contributed by atoms with Crippen LogP contribution in [0.3, 0.4) is 0 Å². The van der Waals surface area contributed by atoms with Gasteiger partial charge >= 0.3 is 0 Å². The van der Waals surface area contributed by atoms with Gasteiger partial charge in [0.25, 0.3) is 11.8 Å². The topological polar surface area (TPSA) is 81.8 Å². The second-order valence-corrected chi connectivity index (χ2v) is 8.56. The van der Waals surface area contributed by atoms with E-state index in [-0.39, 0.29) is 24.3 Å². The molecule has 188 valence electrons. The summed E-state index contributed by atoms with van der Waals surface area (Å²) >= 11 is 0. The largest absolute Gasteiger partial charge is 0.376 e. The fourth-order valence-electron chi connectivity index (χ4n) is 3.88. The molecule has 0 bridgehead atoms. The molecule has 2 N–H and O–H groups in total. The lowest BCUT2D eigenvalue weighted by atomic mass is 10.1. The molecule has 3 aromatic rings. The molecule has 0 aliphatic heterocycles. The first-order valence-corrected chi connectivity index (χ1v) is 12.3. The molecule has 0 spiro atoms. The Morgan fingerprint density at radius 3 is 1.94 bits per heavy atom. The van der Waals surface area contributed by atoms with Crippen LogP contribution in [0.2, 0.25) is 0 Å². The number of nitrogens with one attached hydrogen (secondary N) is 2. The van der Waals surface area contributed by atoms with Gasteiger partial charge in [0.05, 0.1) is 6.54 Å². The van der Waals surface area contributed by atoms with Crippen LogP contribution in [0.5, 0.6) is 0 Å². The minimum atomic E-state index is -0.258. The number of amides is 3. The summed E-state index contributed by atoms with van der Waals surface area (Å²) < 4.78 is 0. The van der Waals surface area contributed by atoms with Crippen molar-refractivity contribution >= 4 is 34.8 Å². The maximum atomic E-state index is 12.9. The van der Waals surface area contributed by atoms with E-state index in [4.69, 9.17) is 0 Å². The quantitative estimate of drug-likeness (QED) is 0.387. The van der Waals surface area contributed by atoms with Crippen LogP contribution >= 0.6 is 0 Å². The van der Waals surface area contributed by atoms with E-state index in [2.05, 4.69) is 24.5 Å². The molecule has 7 nitrogen and oxygen atoms in total. The molecule has 0 aliphatic carbocycles. The van der Waals surface area contributed by atoms with Gasteiger partial charge in [0.2, 0.25) is 5.91 Å². The predicted molar refractivity (Wildman–Crippen MR) is 146 cm³/mol. The highest BCUT2D eigenvalue weighted by Crippen LogP contribution is 2.18. The average Bonchev–Trinajstić information content (AvgIpc) is 2.91. The molecule has 0 fully saturated rings. The van der Waals surface area contributed by atoms with Gasteiger partial charge < -0.3 is 20.4 Å². The van der Waals surface area contributed by atoms with Gasteiger partial charge in [0, 0.05) is 48.3 Å². The van der Waals surface area contributed by atoms with Gasteiger partial charge in [0.15, 0.2) is 0 Å². The number of nitrogens with zero attached hydrogens (tertiary/aromatic N) is 2. The van der Waals surface area contributed by atoms with E-state index >= 15 is 0 Å². The molecule has 3 aromatic carbocycles. The first kappa shape index (κ1) is 26.5. The predicted octanol–water partition coefficient (Wildman–Crippen LogP) is 5.28. The smallest absolute Gasteiger partial charge is 0.258 e. The van der Waals surface area contributed by atoms with E-state index in [0.29, 0.717) is 22.5 Å². The number of rotatable bonds is 11. The molecule has 3 rings (SSSR count). The van der Waals surface area contributed by atoms with E-state index < -0.39 is 0 Å². The second kappa shape index (κ2) is 13.1. The monoisotopic (exact) mass is 486 g/mol. The van der Waals surface area contributed by atoms with Gasteiger partial charge in [-0.3, -0.25) is 14.4 Å². The van der Waals surface area contributed by atoms with Gasteiger partial charge in [-0.15, -0.1) is 0 Å². The maximum Gasteiger partial charge on any atom is 0.258 e. The van der Waals surface area contributed by atoms with Crippen molar-refractivity contribution in [1.29, 1.82) is 0 Å². The van der Waals surface area contributed by atoms with Crippen LogP contribution in [-0.2, 0) is 4.79 Å². The summed E-state index contributed by atoms with van der Waals surface area (Å²) in [6, 6.07) is 23.4. The third kappa shape index (κ3) is 7.18. The molecule has 3 amide bonds. The average molecular weight is 487 g/mol. The molecule has 36 heavy (non-hydrogen) atoms. The number of carbonyl (C=O) groups excluding carboxylic acids is 3. The normalized spacial score (nSPS) is 10.4. The first-order valence-electron chi connectivity index (χ1n) is 12.3. The summed E-state index contributed by atoms with van der Waals surface area (Å²) in [5.41, 5.74) is 3.08. The Morgan fingerprint density at radius 2 is 1.31 bits per heavy atom. The number of para-hydroxylation sites is 1. The van der Waals surface area contributed by atoms with Crippen LogP contribution in [0, 0.1) is 0 Å². The van der Waals surface area contributed by atoms with Gasteiger partial charge in [0.1, 0.15) is 0 Å². The zero-order chi connectivity index (χ0) is 25.9. The lowest BCUT2D eigenvalue weighted by molar-refractivity contribution is -0.114. The van der Waals surface area contributed by atoms with E-state index in [0.717, 1.165) is 31.6 Å². The Balaban J connectivity index is 1.60. The van der Waals surface area contributed by atoms with E-state index in [9.17, 15) is 14.4 Å². The number of carbonyl (C=O) groups is 3. The van der Waals surface area contributed by atoms with Crippen LogP contribution in [0.1, 0.15) is 47.4 Å².